The van der Waals surface area contributed by atoms with Gasteiger partial charge in [-0.2, -0.15) is 0 Å². The Morgan fingerprint density at radius 1 is 1.08 bits per heavy atom. The van der Waals surface area contributed by atoms with E-state index in [0.717, 1.165) is 18.7 Å². The second-order valence-electron chi connectivity index (χ2n) is 9.49. The van der Waals surface area contributed by atoms with E-state index in [-0.39, 0.29) is 11.3 Å². The number of ether oxygens (including phenoxy) is 3. The highest BCUT2D eigenvalue weighted by Gasteiger charge is 2.46. The molecule has 1 aromatic carbocycles. The van der Waals surface area contributed by atoms with Crippen LogP contribution in [-0.2, 0) is 14.3 Å². The molecule has 200 valence electrons. The number of Topliss-reactive ketones (excluding diaryl/α,β-unsaturated/α-hetero) is 1. The number of imidazole rings is 1. The fraction of sp³-hybridized carbons (Fsp3) is 0.393. The number of aliphatic hydroxyl groups is 1. The standard InChI is InChI=1S/C28H32N4O6/c1-17-6-5-9-31-23(18(2)29-27(17)31)25(33)22-24(19-7-8-20(36-3)21(16-19)37-4)32(28(35)26(22)34)11-10-30-12-14-38-15-13-30/h5-9,16,24,33H,10-15H2,1-4H3/b25-22+. The van der Waals surface area contributed by atoms with Crippen LogP contribution in [-0.4, -0.2) is 89.6 Å². The Bertz CT molecular complexity index is 1420. The average molecular weight is 521 g/mol. The monoisotopic (exact) mass is 520 g/mol. The first kappa shape index (κ1) is 25.7. The molecule has 0 spiro atoms. The average Bonchev–Trinajstić information content (AvgIpc) is 3.41. The molecule has 1 amide bonds. The van der Waals surface area contributed by atoms with Crippen molar-refractivity contribution in [3.63, 3.8) is 0 Å². The maximum atomic E-state index is 13.6. The summed E-state index contributed by atoms with van der Waals surface area (Å²) in [7, 11) is 3.07. The highest BCUT2D eigenvalue weighted by Crippen LogP contribution is 2.42. The number of fused-ring (bicyclic) bond motifs is 1. The first-order valence-electron chi connectivity index (χ1n) is 12.6. The van der Waals surface area contributed by atoms with E-state index in [0.29, 0.717) is 60.4 Å². The molecule has 2 aliphatic rings. The molecule has 2 aliphatic heterocycles. The number of amides is 1. The van der Waals surface area contributed by atoms with Gasteiger partial charge in [0, 0.05) is 32.4 Å². The van der Waals surface area contributed by atoms with Gasteiger partial charge in [-0.3, -0.25) is 18.9 Å². The summed E-state index contributed by atoms with van der Waals surface area (Å²) in [4.78, 5) is 35.3. The third-order valence-corrected chi connectivity index (χ3v) is 7.27. The number of carbonyl (C=O) groups excluding carboxylic acids is 2. The number of aromatic nitrogens is 2. The van der Waals surface area contributed by atoms with Gasteiger partial charge in [0.1, 0.15) is 11.3 Å². The number of rotatable bonds is 7. The van der Waals surface area contributed by atoms with Crippen LogP contribution in [0.25, 0.3) is 11.4 Å². The van der Waals surface area contributed by atoms with Crippen molar-refractivity contribution in [3.8, 4) is 11.5 Å². The van der Waals surface area contributed by atoms with Gasteiger partial charge in [-0.25, -0.2) is 4.98 Å². The van der Waals surface area contributed by atoms with Gasteiger partial charge in [0.25, 0.3) is 11.7 Å². The van der Waals surface area contributed by atoms with Gasteiger partial charge >= 0.3 is 0 Å². The van der Waals surface area contributed by atoms with Crippen LogP contribution in [0.3, 0.4) is 0 Å². The maximum absolute atomic E-state index is 13.6. The summed E-state index contributed by atoms with van der Waals surface area (Å²) in [5, 5.41) is 11.7. The van der Waals surface area contributed by atoms with Crippen LogP contribution in [0.15, 0.2) is 42.1 Å². The molecule has 10 nitrogen and oxygen atoms in total. The van der Waals surface area contributed by atoms with Crippen molar-refractivity contribution in [2.45, 2.75) is 19.9 Å². The number of morpholine rings is 1. The smallest absolute Gasteiger partial charge is 0.295 e. The molecule has 0 radical (unpaired) electrons. The molecule has 0 saturated carbocycles. The largest absolute Gasteiger partial charge is 0.505 e. The molecular formula is C28H32N4O6. The zero-order chi connectivity index (χ0) is 27.0. The minimum atomic E-state index is -0.814. The number of aliphatic hydroxyl groups excluding tert-OH is 1. The fourth-order valence-corrected chi connectivity index (χ4v) is 5.28. The van der Waals surface area contributed by atoms with Crippen LogP contribution in [0.5, 0.6) is 11.5 Å². The van der Waals surface area contributed by atoms with Crippen molar-refractivity contribution >= 4 is 23.1 Å². The second kappa shape index (κ2) is 10.5. The van der Waals surface area contributed by atoms with Crippen molar-refractivity contribution in [1.82, 2.24) is 19.2 Å². The summed E-state index contributed by atoms with van der Waals surface area (Å²) in [5.74, 6) is -0.652. The molecule has 4 heterocycles. The number of methoxy groups -OCH3 is 2. The van der Waals surface area contributed by atoms with E-state index in [1.165, 1.54) is 12.0 Å². The predicted octanol–water partition coefficient (Wildman–Crippen LogP) is 2.72. The number of nitrogens with zero attached hydrogens (tertiary/aromatic N) is 4. The van der Waals surface area contributed by atoms with Gasteiger partial charge < -0.3 is 24.2 Å². The van der Waals surface area contributed by atoms with E-state index in [1.54, 1.807) is 42.8 Å². The Hall–Kier alpha value is -3.89. The zero-order valence-corrected chi connectivity index (χ0v) is 22.1. The molecule has 5 rings (SSSR count). The van der Waals surface area contributed by atoms with Crippen LogP contribution < -0.4 is 9.47 Å². The van der Waals surface area contributed by atoms with Crippen molar-refractivity contribution in [2.75, 3.05) is 53.6 Å². The Labute approximate surface area is 221 Å². The molecule has 2 aromatic heterocycles. The molecule has 1 unspecified atom stereocenters. The van der Waals surface area contributed by atoms with Crippen LogP contribution in [0.2, 0.25) is 0 Å². The predicted molar refractivity (Wildman–Crippen MR) is 140 cm³/mol. The number of hydrogen-bond acceptors (Lipinski definition) is 8. The highest BCUT2D eigenvalue weighted by molar-refractivity contribution is 6.46. The topological polar surface area (TPSA) is 106 Å². The van der Waals surface area contributed by atoms with Gasteiger partial charge in [0.05, 0.1) is 44.7 Å². The lowest BCUT2D eigenvalue weighted by molar-refractivity contribution is -0.140. The summed E-state index contributed by atoms with van der Waals surface area (Å²) in [6, 6.07) is 8.24. The Balaban J connectivity index is 1.65. The summed E-state index contributed by atoms with van der Waals surface area (Å²) in [6.45, 7) is 7.37. The molecule has 1 N–H and O–H groups in total. The summed E-state index contributed by atoms with van der Waals surface area (Å²) in [5.41, 5.74) is 3.21. The maximum Gasteiger partial charge on any atom is 0.295 e. The van der Waals surface area contributed by atoms with Gasteiger partial charge in [-0.15, -0.1) is 0 Å². The van der Waals surface area contributed by atoms with Gasteiger partial charge in [0.2, 0.25) is 0 Å². The Kier molecular flexibility index (Phi) is 7.09. The van der Waals surface area contributed by atoms with Crippen LogP contribution >= 0.6 is 0 Å². The number of ketones is 1. The van der Waals surface area contributed by atoms with Crippen LogP contribution in [0.4, 0.5) is 0 Å². The summed E-state index contributed by atoms with van der Waals surface area (Å²) in [6.07, 6.45) is 1.79. The van der Waals surface area contributed by atoms with E-state index < -0.39 is 17.7 Å². The molecule has 2 fully saturated rings. The van der Waals surface area contributed by atoms with Crippen molar-refractivity contribution in [3.05, 3.63) is 64.6 Å². The molecule has 0 aliphatic carbocycles. The lowest BCUT2D eigenvalue weighted by Crippen LogP contribution is -2.42. The van der Waals surface area contributed by atoms with Gasteiger partial charge in [-0.05, 0) is 43.2 Å². The summed E-state index contributed by atoms with van der Waals surface area (Å²) >= 11 is 0. The lowest BCUT2D eigenvalue weighted by atomic mass is 9.96. The van der Waals surface area contributed by atoms with Crippen LogP contribution in [0, 0.1) is 13.8 Å². The van der Waals surface area contributed by atoms with E-state index in [2.05, 4.69) is 9.88 Å². The number of pyridine rings is 1. The minimum Gasteiger partial charge on any atom is -0.505 e. The van der Waals surface area contributed by atoms with Gasteiger partial charge in [0.15, 0.2) is 17.3 Å². The second-order valence-corrected chi connectivity index (χ2v) is 9.49. The quantitative estimate of drug-likeness (QED) is 0.288. The fourth-order valence-electron chi connectivity index (χ4n) is 5.28. The first-order valence-corrected chi connectivity index (χ1v) is 12.6. The van der Waals surface area contributed by atoms with E-state index in [1.807, 2.05) is 19.1 Å². The molecule has 3 aromatic rings. The normalized spacial score (nSPS) is 19.9. The van der Waals surface area contributed by atoms with Crippen LogP contribution in [0.1, 0.15) is 28.6 Å². The molecular weight excluding hydrogens is 488 g/mol. The minimum absolute atomic E-state index is 0.0237. The number of benzene rings is 1. The molecule has 10 heteroatoms. The molecule has 38 heavy (non-hydrogen) atoms. The summed E-state index contributed by atoms with van der Waals surface area (Å²) < 4.78 is 18.1. The number of carbonyl (C=O) groups is 2. The molecule has 1 atom stereocenters. The molecule has 2 saturated heterocycles. The van der Waals surface area contributed by atoms with Gasteiger partial charge in [-0.1, -0.05) is 12.1 Å². The third kappa shape index (κ3) is 4.39. The Morgan fingerprint density at radius 2 is 1.82 bits per heavy atom. The van der Waals surface area contributed by atoms with E-state index in [9.17, 15) is 14.7 Å². The first-order chi connectivity index (χ1) is 18.3. The zero-order valence-electron chi connectivity index (χ0n) is 22.1. The third-order valence-electron chi connectivity index (χ3n) is 7.27. The number of aryl methyl sites for hydroxylation is 2. The number of likely N-dealkylation sites (tertiary alicyclic amines) is 1. The SMILES string of the molecule is COc1ccc(C2/C(=C(\O)c3c(C)nc4c(C)cccn34)C(=O)C(=O)N2CCN2CCOCC2)cc1OC. The van der Waals surface area contributed by atoms with Crippen molar-refractivity contribution in [2.24, 2.45) is 0 Å². The lowest BCUT2D eigenvalue weighted by Gasteiger charge is -2.31. The van der Waals surface area contributed by atoms with Crippen molar-refractivity contribution < 1.29 is 28.9 Å². The van der Waals surface area contributed by atoms with E-state index >= 15 is 0 Å². The van der Waals surface area contributed by atoms with Crippen molar-refractivity contribution in [1.29, 1.82) is 0 Å². The molecule has 0 bridgehead atoms. The number of hydrogen-bond donors (Lipinski definition) is 1. The highest BCUT2D eigenvalue weighted by atomic mass is 16.5. The van der Waals surface area contributed by atoms with E-state index in [4.69, 9.17) is 14.2 Å². The Morgan fingerprint density at radius 3 is 2.53 bits per heavy atom.